The van der Waals surface area contributed by atoms with Gasteiger partial charge in [-0.05, 0) is 23.6 Å². The van der Waals surface area contributed by atoms with Gasteiger partial charge in [0.15, 0.2) is 0 Å². The molecule has 4 nitrogen and oxygen atoms in total. The number of non-ortho nitro benzene ring substituents is 1. The molecule has 0 spiro atoms. The minimum Gasteiger partial charge on any atom is -0.319 e. The van der Waals surface area contributed by atoms with Crippen molar-refractivity contribution in [3.63, 3.8) is 0 Å². The third kappa shape index (κ3) is 1.35. The van der Waals surface area contributed by atoms with Gasteiger partial charge in [0.25, 0.3) is 5.69 Å². The summed E-state index contributed by atoms with van der Waals surface area (Å²) in [7, 11) is 1.96. The topological polar surface area (TPSA) is 46.4 Å². The fourth-order valence-corrected chi connectivity index (χ4v) is 2.23. The van der Waals surface area contributed by atoms with E-state index in [9.17, 15) is 10.1 Å². The molecular formula is C8H8N2O2S. The molecule has 5 heteroatoms. The lowest BCUT2D eigenvalue weighted by atomic mass is 10.2. The van der Waals surface area contributed by atoms with Gasteiger partial charge >= 0.3 is 0 Å². The maximum absolute atomic E-state index is 10.5. The van der Waals surface area contributed by atoms with Crippen LogP contribution in [0.25, 0.3) is 0 Å². The van der Waals surface area contributed by atoms with Crippen molar-refractivity contribution in [2.45, 2.75) is 5.75 Å². The second kappa shape index (κ2) is 2.92. The van der Waals surface area contributed by atoms with Crippen LogP contribution in [0, 0.1) is 10.1 Å². The number of hydrogen-bond acceptors (Lipinski definition) is 4. The van der Waals surface area contributed by atoms with Gasteiger partial charge in [-0.1, -0.05) is 0 Å². The Labute approximate surface area is 79.8 Å². The summed E-state index contributed by atoms with van der Waals surface area (Å²) in [6.45, 7) is 0. The molecule has 0 amide bonds. The summed E-state index contributed by atoms with van der Waals surface area (Å²) in [4.78, 5) is 10.1. The van der Waals surface area contributed by atoms with Crippen LogP contribution in [0.2, 0.25) is 0 Å². The van der Waals surface area contributed by atoms with Crippen LogP contribution >= 0.6 is 11.9 Å². The van der Waals surface area contributed by atoms with Crippen LogP contribution in [0.1, 0.15) is 5.56 Å². The van der Waals surface area contributed by atoms with Crippen molar-refractivity contribution < 1.29 is 4.92 Å². The molecule has 0 aromatic heterocycles. The summed E-state index contributed by atoms with van der Waals surface area (Å²) < 4.78 is 2.03. The van der Waals surface area contributed by atoms with Gasteiger partial charge in [0.1, 0.15) is 0 Å². The molecule has 1 aromatic rings. The molecule has 0 fully saturated rings. The first-order chi connectivity index (χ1) is 6.18. The molecule has 1 aliphatic heterocycles. The van der Waals surface area contributed by atoms with E-state index in [1.807, 2.05) is 11.4 Å². The van der Waals surface area contributed by atoms with E-state index in [1.165, 1.54) is 0 Å². The first kappa shape index (κ1) is 8.37. The van der Waals surface area contributed by atoms with E-state index in [1.54, 1.807) is 30.1 Å². The fraction of sp³-hybridized carbons (Fsp3) is 0.250. The van der Waals surface area contributed by atoms with Crippen LogP contribution < -0.4 is 4.31 Å². The van der Waals surface area contributed by atoms with Crippen LogP contribution in [0.4, 0.5) is 11.4 Å². The Morgan fingerprint density at radius 3 is 3.08 bits per heavy atom. The number of nitro groups is 1. The first-order valence-corrected chi connectivity index (χ1v) is 4.76. The maximum atomic E-state index is 10.5. The smallest absolute Gasteiger partial charge is 0.269 e. The van der Waals surface area contributed by atoms with Gasteiger partial charge < -0.3 is 4.31 Å². The monoisotopic (exact) mass is 196 g/mol. The van der Waals surface area contributed by atoms with E-state index in [0.29, 0.717) is 0 Å². The number of nitro benzene ring substituents is 1. The number of fused-ring (bicyclic) bond motifs is 1. The van der Waals surface area contributed by atoms with Crippen LogP contribution in [-0.2, 0) is 5.75 Å². The predicted molar refractivity (Wildman–Crippen MR) is 52.8 cm³/mol. The number of anilines is 1. The Balaban J connectivity index is 2.45. The van der Waals surface area contributed by atoms with Gasteiger partial charge in [-0.3, -0.25) is 10.1 Å². The van der Waals surface area contributed by atoms with E-state index in [2.05, 4.69) is 0 Å². The summed E-state index contributed by atoms with van der Waals surface area (Å²) in [5.41, 5.74) is 2.30. The molecule has 0 N–H and O–H groups in total. The summed E-state index contributed by atoms with van der Waals surface area (Å²) in [6, 6.07) is 4.99. The van der Waals surface area contributed by atoms with Gasteiger partial charge in [-0.2, -0.15) is 0 Å². The van der Waals surface area contributed by atoms with Gasteiger partial charge in [0.05, 0.1) is 10.6 Å². The molecular weight excluding hydrogens is 188 g/mol. The second-order valence-electron chi connectivity index (χ2n) is 2.84. The molecule has 0 radical (unpaired) electrons. The van der Waals surface area contributed by atoms with Crippen LogP contribution in [-0.4, -0.2) is 12.0 Å². The lowest BCUT2D eigenvalue weighted by Crippen LogP contribution is -2.00. The van der Waals surface area contributed by atoms with E-state index in [-0.39, 0.29) is 10.6 Å². The minimum atomic E-state index is -0.358. The zero-order chi connectivity index (χ0) is 9.42. The van der Waals surface area contributed by atoms with E-state index < -0.39 is 0 Å². The normalized spacial score (nSPS) is 14.4. The molecule has 0 saturated heterocycles. The highest BCUT2D eigenvalue weighted by Crippen LogP contribution is 2.37. The Hall–Kier alpha value is -1.23. The molecule has 0 atom stereocenters. The SMILES string of the molecule is CN1SCc2cc([N+](=O)[O-])ccc21. The third-order valence-corrected chi connectivity index (χ3v) is 3.05. The zero-order valence-electron chi connectivity index (χ0n) is 7.06. The summed E-state index contributed by atoms with van der Waals surface area (Å²) in [6.07, 6.45) is 0. The van der Waals surface area contributed by atoms with Crippen LogP contribution in [0.3, 0.4) is 0 Å². The summed E-state index contributed by atoms with van der Waals surface area (Å²) >= 11 is 1.66. The molecule has 0 aliphatic carbocycles. The van der Waals surface area contributed by atoms with Gasteiger partial charge in [-0.15, -0.1) is 0 Å². The highest BCUT2D eigenvalue weighted by molar-refractivity contribution is 8.00. The van der Waals surface area contributed by atoms with Gasteiger partial charge in [-0.25, -0.2) is 0 Å². The Kier molecular flexibility index (Phi) is 1.88. The summed E-state index contributed by atoms with van der Waals surface area (Å²) in [5.74, 6) is 0.827. The number of benzene rings is 1. The average molecular weight is 196 g/mol. The second-order valence-corrected chi connectivity index (χ2v) is 3.94. The van der Waals surface area contributed by atoms with Crippen LogP contribution in [0.15, 0.2) is 18.2 Å². The van der Waals surface area contributed by atoms with Crippen molar-refractivity contribution in [1.82, 2.24) is 0 Å². The number of hydrogen-bond donors (Lipinski definition) is 0. The minimum absolute atomic E-state index is 0.176. The average Bonchev–Trinajstić information content (AvgIpc) is 2.47. The van der Waals surface area contributed by atoms with Crippen LogP contribution in [0.5, 0.6) is 0 Å². The maximum Gasteiger partial charge on any atom is 0.269 e. The molecule has 2 rings (SSSR count). The van der Waals surface area contributed by atoms with Crippen molar-refractivity contribution in [2.75, 3.05) is 11.4 Å². The number of nitrogens with zero attached hydrogens (tertiary/aromatic N) is 2. The first-order valence-electron chi connectivity index (χ1n) is 3.82. The Morgan fingerprint density at radius 2 is 2.38 bits per heavy atom. The quantitative estimate of drug-likeness (QED) is 0.392. The fourth-order valence-electron chi connectivity index (χ4n) is 1.34. The van der Waals surface area contributed by atoms with Crippen molar-refractivity contribution in [2.24, 2.45) is 0 Å². The summed E-state index contributed by atoms with van der Waals surface area (Å²) in [5, 5.41) is 10.5. The zero-order valence-corrected chi connectivity index (χ0v) is 7.87. The Bertz CT molecular complexity index is 367. The highest BCUT2D eigenvalue weighted by atomic mass is 32.2. The molecule has 0 saturated carbocycles. The molecule has 1 aliphatic rings. The lowest BCUT2D eigenvalue weighted by molar-refractivity contribution is -0.384. The Morgan fingerprint density at radius 1 is 1.62 bits per heavy atom. The van der Waals surface area contributed by atoms with E-state index >= 15 is 0 Å². The molecule has 1 aromatic carbocycles. The van der Waals surface area contributed by atoms with Gasteiger partial charge in [0, 0.05) is 24.9 Å². The van der Waals surface area contributed by atoms with Crippen molar-refractivity contribution in [1.29, 1.82) is 0 Å². The lowest BCUT2D eigenvalue weighted by Gasteiger charge is -2.08. The van der Waals surface area contributed by atoms with E-state index in [0.717, 1.165) is 17.0 Å². The van der Waals surface area contributed by atoms with Crippen molar-refractivity contribution >= 4 is 23.3 Å². The highest BCUT2D eigenvalue weighted by Gasteiger charge is 2.19. The molecule has 0 bridgehead atoms. The largest absolute Gasteiger partial charge is 0.319 e. The molecule has 13 heavy (non-hydrogen) atoms. The molecule has 68 valence electrons. The molecule has 0 unspecified atom stereocenters. The van der Waals surface area contributed by atoms with Crippen molar-refractivity contribution in [3.05, 3.63) is 33.9 Å². The number of rotatable bonds is 1. The predicted octanol–water partition coefficient (Wildman–Crippen LogP) is 2.19. The van der Waals surface area contributed by atoms with E-state index in [4.69, 9.17) is 0 Å². The third-order valence-electron chi connectivity index (χ3n) is 2.03. The van der Waals surface area contributed by atoms with Crippen molar-refractivity contribution in [3.8, 4) is 0 Å². The molecule has 1 heterocycles. The standard InChI is InChI=1S/C8H8N2O2S/c1-9-8-3-2-7(10(11)12)4-6(8)5-13-9/h2-4H,5H2,1H3. The van der Waals surface area contributed by atoms with Gasteiger partial charge in [0.2, 0.25) is 0 Å².